The van der Waals surface area contributed by atoms with E-state index in [1.165, 1.54) is 0 Å². The Bertz CT molecular complexity index is 312. The fourth-order valence-electron chi connectivity index (χ4n) is 3.61. The van der Waals surface area contributed by atoms with E-state index in [0.717, 1.165) is 6.42 Å². The van der Waals surface area contributed by atoms with Gasteiger partial charge in [0.1, 0.15) is 11.6 Å². The van der Waals surface area contributed by atoms with Gasteiger partial charge >= 0.3 is 0 Å². The van der Waals surface area contributed by atoms with Crippen molar-refractivity contribution in [3.63, 3.8) is 0 Å². The molecule has 2 heteroatoms. The second-order valence-electron chi connectivity index (χ2n) is 4.77. The molecule has 0 amide bonds. The monoisotopic (exact) mass is 190 g/mol. The number of rotatable bonds is 1. The minimum Gasteiger partial charge on any atom is -0.299 e. The third-order valence-electron chi connectivity index (χ3n) is 4.21. The summed E-state index contributed by atoms with van der Waals surface area (Å²) in [6.07, 6.45) is 6.04. The number of hydrogen-bond acceptors (Lipinski definition) is 2. The van der Waals surface area contributed by atoms with Crippen molar-refractivity contribution in [3.05, 3.63) is 12.2 Å². The van der Waals surface area contributed by atoms with E-state index in [-0.39, 0.29) is 29.3 Å². The molecule has 0 N–H and O–H groups in total. The number of hydrogen-bond donors (Lipinski definition) is 0. The highest BCUT2D eigenvalue weighted by atomic mass is 16.2. The summed E-state index contributed by atoms with van der Waals surface area (Å²) in [7, 11) is 0. The Morgan fingerprint density at radius 2 is 1.64 bits per heavy atom. The molecule has 2 saturated carbocycles. The van der Waals surface area contributed by atoms with Crippen LogP contribution in [0.4, 0.5) is 0 Å². The van der Waals surface area contributed by atoms with Gasteiger partial charge in [0.2, 0.25) is 0 Å². The van der Waals surface area contributed by atoms with E-state index in [1.54, 1.807) is 0 Å². The van der Waals surface area contributed by atoms with E-state index in [9.17, 15) is 9.59 Å². The van der Waals surface area contributed by atoms with Gasteiger partial charge in [0, 0.05) is 11.8 Å². The van der Waals surface area contributed by atoms with Crippen LogP contribution in [0.15, 0.2) is 12.2 Å². The lowest BCUT2D eigenvalue weighted by atomic mass is 9.85. The maximum absolute atomic E-state index is 12.0. The van der Waals surface area contributed by atoms with Crippen molar-refractivity contribution in [2.45, 2.75) is 19.8 Å². The van der Waals surface area contributed by atoms with Crippen LogP contribution in [-0.4, -0.2) is 11.6 Å². The minimum absolute atomic E-state index is 0.0578. The van der Waals surface area contributed by atoms with Gasteiger partial charge in [0.15, 0.2) is 0 Å². The minimum atomic E-state index is -0.268. The van der Waals surface area contributed by atoms with Gasteiger partial charge < -0.3 is 0 Å². The molecule has 0 aliphatic heterocycles. The van der Waals surface area contributed by atoms with Gasteiger partial charge in [0.25, 0.3) is 0 Å². The zero-order valence-corrected chi connectivity index (χ0v) is 8.27. The van der Waals surface area contributed by atoms with Crippen LogP contribution in [0, 0.1) is 29.6 Å². The molecule has 3 aliphatic carbocycles. The van der Waals surface area contributed by atoms with Gasteiger partial charge in [0.05, 0.1) is 5.92 Å². The summed E-state index contributed by atoms with van der Waals surface area (Å²) >= 11 is 0. The lowest BCUT2D eigenvalue weighted by Gasteiger charge is -2.16. The van der Waals surface area contributed by atoms with Crippen LogP contribution in [0.3, 0.4) is 0 Å². The molecule has 3 rings (SSSR count). The first-order chi connectivity index (χ1) is 6.74. The summed E-state index contributed by atoms with van der Waals surface area (Å²) in [4.78, 5) is 23.9. The van der Waals surface area contributed by atoms with Gasteiger partial charge in [-0.2, -0.15) is 0 Å². The van der Waals surface area contributed by atoms with E-state index in [0.29, 0.717) is 18.3 Å². The molecule has 4 atom stereocenters. The van der Waals surface area contributed by atoms with Gasteiger partial charge in [-0.1, -0.05) is 19.1 Å². The highest BCUT2D eigenvalue weighted by Gasteiger charge is 2.58. The number of allylic oxidation sites excluding steroid dienone is 2. The molecule has 2 fully saturated rings. The predicted molar refractivity (Wildman–Crippen MR) is 51.5 cm³/mol. The van der Waals surface area contributed by atoms with Crippen molar-refractivity contribution in [2.24, 2.45) is 29.6 Å². The molecule has 0 aromatic carbocycles. The van der Waals surface area contributed by atoms with Crippen molar-refractivity contribution in [1.29, 1.82) is 0 Å². The molecular weight excluding hydrogens is 176 g/mol. The SMILES string of the molecule is CCC1C(=O)C2C3C=CC(C3)C2C1=O. The van der Waals surface area contributed by atoms with Crippen molar-refractivity contribution in [1.82, 2.24) is 0 Å². The highest BCUT2D eigenvalue weighted by molar-refractivity contribution is 6.12. The van der Waals surface area contributed by atoms with Crippen molar-refractivity contribution in [2.75, 3.05) is 0 Å². The average Bonchev–Trinajstić information content (AvgIpc) is 2.80. The topological polar surface area (TPSA) is 34.1 Å². The van der Waals surface area contributed by atoms with E-state index < -0.39 is 0 Å². The molecule has 0 aromatic heterocycles. The molecule has 0 radical (unpaired) electrons. The van der Waals surface area contributed by atoms with Crippen LogP contribution >= 0.6 is 0 Å². The van der Waals surface area contributed by atoms with E-state index >= 15 is 0 Å². The molecule has 74 valence electrons. The fourth-order valence-corrected chi connectivity index (χ4v) is 3.61. The van der Waals surface area contributed by atoms with Crippen molar-refractivity contribution in [3.8, 4) is 0 Å². The number of ketones is 2. The van der Waals surface area contributed by atoms with E-state index in [2.05, 4.69) is 12.2 Å². The summed E-state index contributed by atoms with van der Waals surface area (Å²) < 4.78 is 0. The van der Waals surface area contributed by atoms with Crippen LogP contribution in [0.25, 0.3) is 0 Å². The molecule has 4 unspecified atom stereocenters. The van der Waals surface area contributed by atoms with Crippen LogP contribution in [0.5, 0.6) is 0 Å². The molecule has 2 bridgehead atoms. The second-order valence-corrected chi connectivity index (χ2v) is 4.77. The smallest absolute Gasteiger partial charge is 0.147 e. The van der Waals surface area contributed by atoms with Crippen molar-refractivity contribution < 1.29 is 9.59 Å². The largest absolute Gasteiger partial charge is 0.299 e. The van der Waals surface area contributed by atoms with E-state index in [4.69, 9.17) is 0 Å². The first-order valence-electron chi connectivity index (χ1n) is 5.49. The van der Waals surface area contributed by atoms with Gasteiger partial charge in [-0.3, -0.25) is 9.59 Å². The summed E-state index contributed by atoms with van der Waals surface area (Å²) in [6.45, 7) is 1.94. The van der Waals surface area contributed by atoms with Gasteiger partial charge in [-0.25, -0.2) is 0 Å². The Morgan fingerprint density at radius 1 is 1.14 bits per heavy atom. The summed E-state index contributed by atoms with van der Waals surface area (Å²) in [5.41, 5.74) is 0. The van der Waals surface area contributed by atoms with Gasteiger partial charge in [-0.15, -0.1) is 0 Å². The maximum atomic E-state index is 12.0. The number of carbonyl (C=O) groups excluding carboxylic acids is 2. The first kappa shape index (κ1) is 8.39. The zero-order chi connectivity index (χ0) is 9.87. The number of fused-ring (bicyclic) bond motifs is 5. The summed E-state index contributed by atoms with van der Waals surface area (Å²) in [5.74, 6) is 1.09. The van der Waals surface area contributed by atoms with Crippen LogP contribution in [-0.2, 0) is 9.59 Å². The van der Waals surface area contributed by atoms with Crippen molar-refractivity contribution >= 4 is 11.6 Å². The van der Waals surface area contributed by atoms with Crippen LogP contribution in [0.1, 0.15) is 19.8 Å². The number of Topliss-reactive ketones (excluding diaryl/α,β-unsaturated/α-hetero) is 2. The lowest BCUT2D eigenvalue weighted by molar-refractivity contribution is -0.129. The zero-order valence-electron chi connectivity index (χ0n) is 8.27. The predicted octanol–water partition coefficient (Wildman–Crippen LogP) is 1.60. The first-order valence-corrected chi connectivity index (χ1v) is 5.49. The third kappa shape index (κ3) is 0.776. The summed E-state index contributed by atoms with van der Waals surface area (Å²) in [6, 6.07) is 0. The lowest BCUT2D eigenvalue weighted by Crippen LogP contribution is -2.21. The summed E-state index contributed by atoms with van der Waals surface area (Å²) in [5, 5.41) is 0. The Balaban J connectivity index is 2.02. The third-order valence-corrected chi connectivity index (χ3v) is 4.21. The molecule has 0 saturated heterocycles. The molecule has 14 heavy (non-hydrogen) atoms. The normalized spacial score (nSPS) is 49.1. The molecule has 2 nitrogen and oxygen atoms in total. The Kier molecular flexibility index (Phi) is 1.53. The standard InChI is InChI=1S/C12H14O2/c1-2-8-11(13)9-6-3-4-7(5-6)10(9)12(8)14/h3-4,6-10H,2,5H2,1H3. The quantitative estimate of drug-likeness (QED) is 0.465. The van der Waals surface area contributed by atoms with Crippen LogP contribution in [0.2, 0.25) is 0 Å². The average molecular weight is 190 g/mol. The Hall–Kier alpha value is -0.920. The highest BCUT2D eigenvalue weighted by Crippen LogP contribution is 2.54. The molecule has 0 heterocycles. The molecule has 0 aromatic rings. The molecular formula is C12H14O2. The van der Waals surface area contributed by atoms with Gasteiger partial charge in [-0.05, 0) is 24.7 Å². The fraction of sp³-hybridized carbons (Fsp3) is 0.667. The number of carbonyl (C=O) groups is 2. The van der Waals surface area contributed by atoms with Crippen LogP contribution < -0.4 is 0 Å². The van der Waals surface area contributed by atoms with E-state index in [1.807, 2.05) is 6.92 Å². The molecule has 0 spiro atoms. The Labute approximate surface area is 83.4 Å². The Morgan fingerprint density at radius 3 is 2.07 bits per heavy atom. The molecule has 3 aliphatic rings. The second kappa shape index (κ2) is 2.56. The maximum Gasteiger partial charge on any atom is 0.147 e.